The number of hydrogen-bond acceptors (Lipinski definition) is 3. The zero-order valence-corrected chi connectivity index (χ0v) is 7.97. The van der Waals surface area contributed by atoms with Crippen LogP contribution in [0.4, 0.5) is 0 Å². The summed E-state index contributed by atoms with van der Waals surface area (Å²) < 4.78 is 5.34. The maximum Gasteiger partial charge on any atom is 0.134 e. The van der Waals surface area contributed by atoms with E-state index >= 15 is 0 Å². The van der Waals surface area contributed by atoms with Gasteiger partial charge in [-0.3, -0.25) is 4.79 Å². The second-order valence-electron chi connectivity index (χ2n) is 4.11. The Hall–Kier alpha value is -0.410. The zero-order chi connectivity index (χ0) is 9.15. The monoisotopic (exact) mass is 183 g/mol. The van der Waals surface area contributed by atoms with E-state index in [9.17, 15) is 4.79 Å². The molecule has 13 heavy (non-hydrogen) atoms. The number of carbonyl (C=O) groups excluding carboxylic acids is 1. The molecule has 2 heterocycles. The summed E-state index contributed by atoms with van der Waals surface area (Å²) >= 11 is 0. The van der Waals surface area contributed by atoms with E-state index in [0.29, 0.717) is 12.2 Å². The Balaban J connectivity index is 1.99. The van der Waals surface area contributed by atoms with Crippen molar-refractivity contribution in [2.75, 3.05) is 19.8 Å². The van der Waals surface area contributed by atoms with Crippen molar-refractivity contribution in [1.82, 2.24) is 5.32 Å². The number of nitrogens with one attached hydrogen (secondary N) is 1. The fourth-order valence-corrected chi connectivity index (χ4v) is 2.25. The lowest BCUT2D eigenvalue weighted by atomic mass is 9.86. The standard InChI is InChI=1S/C10H17NO2/c12-9-1-3-10(11-6-2-9)4-7-13-8-5-10/h11H,1-8H2. The molecule has 1 N–H and O–H groups in total. The van der Waals surface area contributed by atoms with Crippen molar-refractivity contribution in [2.45, 2.75) is 37.6 Å². The first-order valence-electron chi connectivity index (χ1n) is 5.15. The molecule has 2 aliphatic rings. The third kappa shape index (κ3) is 2.09. The highest BCUT2D eigenvalue weighted by atomic mass is 16.5. The quantitative estimate of drug-likeness (QED) is 0.606. The molecule has 2 rings (SSSR count). The molecule has 0 saturated carbocycles. The first-order valence-corrected chi connectivity index (χ1v) is 5.15. The van der Waals surface area contributed by atoms with Gasteiger partial charge in [0.2, 0.25) is 0 Å². The summed E-state index contributed by atoms with van der Waals surface area (Å²) in [4.78, 5) is 11.2. The van der Waals surface area contributed by atoms with Crippen LogP contribution in [-0.2, 0) is 9.53 Å². The second-order valence-corrected chi connectivity index (χ2v) is 4.11. The van der Waals surface area contributed by atoms with Crippen LogP contribution in [0.25, 0.3) is 0 Å². The third-order valence-corrected chi connectivity index (χ3v) is 3.24. The van der Waals surface area contributed by atoms with Crippen molar-refractivity contribution in [1.29, 1.82) is 0 Å². The fourth-order valence-electron chi connectivity index (χ4n) is 2.25. The molecule has 0 unspecified atom stereocenters. The van der Waals surface area contributed by atoms with Crippen LogP contribution in [-0.4, -0.2) is 31.1 Å². The maximum atomic E-state index is 11.2. The molecule has 0 aromatic heterocycles. The van der Waals surface area contributed by atoms with Gasteiger partial charge < -0.3 is 10.1 Å². The van der Waals surface area contributed by atoms with Crippen LogP contribution in [0.2, 0.25) is 0 Å². The first kappa shape index (κ1) is 9.16. The molecular formula is C10H17NO2. The lowest BCUT2D eigenvalue weighted by Gasteiger charge is -2.37. The Morgan fingerprint density at radius 2 is 1.92 bits per heavy atom. The van der Waals surface area contributed by atoms with Crippen molar-refractivity contribution < 1.29 is 9.53 Å². The Morgan fingerprint density at radius 3 is 2.69 bits per heavy atom. The van der Waals surface area contributed by atoms with Crippen molar-refractivity contribution in [3.63, 3.8) is 0 Å². The average Bonchev–Trinajstić information content (AvgIpc) is 2.32. The molecule has 3 heteroatoms. The lowest BCUT2D eigenvalue weighted by molar-refractivity contribution is -0.118. The van der Waals surface area contributed by atoms with E-state index in [-0.39, 0.29) is 5.54 Å². The van der Waals surface area contributed by atoms with E-state index in [1.165, 1.54) is 0 Å². The molecule has 0 bridgehead atoms. The number of ketones is 1. The minimum atomic E-state index is 0.227. The van der Waals surface area contributed by atoms with Crippen LogP contribution in [0.15, 0.2) is 0 Å². The smallest absolute Gasteiger partial charge is 0.134 e. The van der Waals surface area contributed by atoms with Crippen LogP contribution >= 0.6 is 0 Å². The van der Waals surface area contributed by atoms with Crippen LogP contribution in [0.5, 0.6) is 0 Å². The van der Waals surface area contributed by atoms with Crippen LogP contribution < -0.4 is 5.32 Å². The summed E-state index contributed by atoms with van der Waals surface area (Å²) in [6.45, 7) is 2.56. The highest BCUT2D eigenvalue weighted by molar-refractivity contribution is 5.78. The van der Waals surface area contributed by atoms with Gasteiger partial charge in [-0.25, -0.2) is 0 Å². The number of rotatable bonds is 0. The number of Topliss-reactive ketones (excluding diaryl/α,β-unsaturated/α-hetero) is 1. The minimum Gasteiger partial charge on any atom is -0.381 e. The third-order valence-electron chi connectivity index (χ3n) is 3.24. The van der Waals surface area contributed by atoms with Gasteiger partial charge in [-0.05, 0) is 19.3 Å². The van der Waals surface area contributed by atoms with Crippen LogP contribution in [0.1, 0.15) is 32.1 Å². The molecule has 0 aliphatic carbocycles. The highest BCUT2D eigenvalue weighted by Crippen LogP contribution is 2.27. The zero-order valence-electron chi connectivity index (χ0n) is 7.97. The first-order chi connectivity index (χ1) is 6.31. The topological polar surface area (TPSA) is 38.3 Å². The molecule has 2 aliphatic heterocycles. The van der Waals surface area contributed by atoms with Gasteiger partial charge in [0.05, 0.1) is 0 Å². The van der Waals surface area contributed by atoms with Gasteiger partial charge in [0, 0.05) is 38.1 Å². The van der Waals surface area contributed by atoms with Gasteiger partial charge in [-0.15, -0.1) is 0 Å². The normalized spacial score (nSPS) is 28.8. The van der Waals surface area contributed by atoms with E-state index in [1.807, 2.05) is 0 Å². The Kier molecular flexibility index (Phi) is 2.65. The number of ether oxygens (including phenoxy) is 1. The number of carbonyl (C=O) groups is 1. The summed E-state index contributed by atoms with van der Waals surface area (Å²) in [6.07, 6.45) is 4.62. The fraction of sp³-hybridized carbons (Fsp3) is 0.900. The van der Waals surface area contributed by atoms with Crippen LogP contribution in [0.3, 0.4) is 0 Å². The second kappa shape index (κ2) is 3.76. The Labute approximate surface area is 78.8 Å². The molecule has 0 atom stereocenters. The predicted molar refractivity (Wildman–Crippen MR) is 49.6 cm³/mol. The van der Waals surface area contributed by atoms with E-state index in [2.05, 4.69) is 5.32 Å². The molecule has 2 saturated heterocycles. The average molecular weight is 183 g/mol. The molecule has 0 aromatic rings. The predicted octanol–water partition coefficient (Wildman–Crippen LogP) is 0.878. The minimum absolute atomic E-state index is 0.227. The van der Waals surface area contributed by atoms with Gasteiger partial charge >= 0.3 is 0 Å². The van der Waals surface area contributed by atoms with Gasteiger partial charge in [0.1, 0.15) is 5.78 Å². The van der Waals surface area contributed by atoms with Gasteiger partial charge in [0.25, 0.3) is 0 Å². The summed E-state index contributed by atoms with van der Waals surface area (Å²) in [7, 11) is 0. The van der Waals surface area contributed by atoms with Crippen molar-refractivity contribution in [3.05, 3.63) is 0 Å². The molecule has 2 fully saturated rings. The molecule has 1 spiro atoms. The summed E-state index contributed by atoms with van der Waals surface area (Å²) in [5.74, 6) is 0.413. The van der Waals surface area contributed by atoms with Gasteiger partial charge in [-0.2, -0.15) is 0 Å². The van der Waals surface area contributed by atoms with Crippen molar-refractivity contribution in [3.8, 4) is 0 Å². The highest BCUT2D eigenvalue weighted by Gasteiger charge is 2.33. The van der Waals surface area contributed by atoms with Crippen molar-refractivity contribution >= 4 is 5.78 Å². The molecule has 0 aromatic carbocycles. The summed E-state index contributed by atoms with van der Waals surface area (Å²) in [6, 6.07) is 0. The van der Waals surface area contributed by atoms with E-state index in [0.717, 1.165) is 45.4 Å². The molecular weight excluding hydrogens is 166 g/mol. The van der Waals surface area contributed by atoms with E-state index < -0.39 is 0 Å². The molecule has 0 amide bonds. The van der Waals surface area contributed by atoms with Gasteiger partial charge in [0.15, 0.2) is 0 Å². The lowest BCUT2D eigenvalue weighted by Crippen LogP contribution is -2.48. The SMILES string of the molecule is O=C1CCNC2(CCOCC2)CC1. The number of hydrogen-bond donors (Lipinski definition) is 1. The Morgan fingerprint density at radius 1 is 1.15 bits per heavy atom. The van der Waals surface area contributed by atoms with E-state index in [1.54, 1.807) is 0 Å². The summed E-state index contributed by atoms with van der Waals surface area (Å²) in [5.41, 5.74) is 0.227. The summed E-state index contributed by atoms with van der Waals surface area (Å²) in [5, 5.41) is 3.53. The molecule has 3 nitrogen and oxygen atoms in total. The van der Waals surface area contributed by atoms with E-state index in [4.69, 9.17) is 4.74 Å². The van der Waals surface area contributed by atoms with Crippen LogP contribution in [0, 0.1) is 0 Å². The Bertz CT molecular complexity index is 197. The van der Waals surface area contributed by atoms with Gasteiger partial charge in [-0.1, -0.05) is 0 Å². The molecule has 0 radical (unpaired) electrons. The largest absolute Gasteiger partial charge is 0.381 e. The maximum absolute atomic E-state index is 11.2. The van der Waals surface area contributed by atoms with Crippen molar-refractivity contribution in [2.24, 2.45) is 0 Å². The molecule has 74 valence electrons.